The first-order chi connectivity index (χ1) is 9.94. The summed E-state index contributed by atoms with van der Waals surface area (Å²) < 4.78 is 0. The largest absolute Gasteiger partial charge is 0.393 e. The van der Waals surface area contributed by atoms with E-state index in [4.69, 9.17) is 0 Å². The third-order valence-electron chi connectivity index (χ3n) is 6.26. The second-order valence-electron chi connectivity index (χ2n) is 8.68. The first kappa shape index (κ1) is 15.8. The van der Waals surface area contributed by atoms with Crippen molar-refractivity contribution in [2.45, 2.75) is 77.5 Å². The summed E-state index contributed by atoms with van der Waals surface area (Å²) in [5, 5.41) is 10.4. The third-order valence-corrected chi connectivity index (χ3v) is 6.26. The van der Waals surface area contributed by atoms with E-state index in [1.54, 1.807) is 0 Å². The normalized spacial score (nSPS) is 41.7. The fourth-order valence-corrected chi connectivity index (χ4v) is 4.88. The molecule has 0 spiro atoms. The Bertz CT molecular complexity index is 357. The van der Waals surface area contributed by atoms with E-state index in [0.29, 0.717) is 17.4 Å². The Morgan fingerprint density at radius 3 is 2.76 bits per heavy atom. The van der Waals surface area contributed by atoms with E-state index in [-0.39, 0.29) is 6.10 Å². The number of rotatable bonds is 2. The number of hydrogen-bond donors (Lipinski definition) is 1. The predicted octanol–water partition coefficient (Wildman–Crippen LogP) is 2.73. The molecule has 3 rings (SSSR count). The lowest BCUT2D eigenvalue weighted by Gasteiger charge is -2.49. The molecule has 4 unspecified atom stereocenters. The standard InChI is InChI=1S/C18H34N2O/c1-14-11-19-9-5-4-6-16(19)13-20(14)12-15-10-18(2,3)8-7-17(15)21/h14-17,21H,4-13H2,1-3H3. The van der Waals surface area contributed by atoms with Crippen molar-refractivity contribution in [3.05, 3.63) is 0 Å². The van der Waals surface area contributed by atoms with Crippen LogP contribution in [0.4, 0.5) is 0 Å². The number of fused-ring (bicyclic) bond motifs is 1. The highest BCUT2D eigenvalue weighted by Crippen LogP contribution is 2.39. The van der Waals surface area contributed by atoms with Crippen LogP contribution in [-0.4, -0.2) is 59.3 Å². The zero-order valence-electron chi connectivity index (χ0n) is 14.2. The van der Waals surface area contributed by atoms with E-state index in [1.165, 1.54) is 51.7 Å². The second-order valence-corrected chi connectivity index (χ2v) is 8.68. The first-order valence-corrected chi connectivity index (χ1v) is 9.11. The smallest absolute Gasteiger partial charge is 0.0581 e. The van der Waals surface area contributed by atoms with Crippen molar-refractivity contribution in [3.63, 3.8) is 0 Å². The Morgan fingerprint density at radius 2 is 1.95 bits per heavy atom. The Labute approximate surface area is 130 Å². The molecule has 0 aromatic rings. The van der Waals surface area contributed by atoms with Gasteiger partial charge >= 0.3 is 0 Å². The Kier molecular flexibility index (Phi) is 4.63. The molecule has 122 valence electrons. The molecule has 3 aliphatic rings. The van der Waals surface area contributed by atoms with Crippen molar-refractivity contribution in [2.75, 3.05) is 26.2 Å². The number of hydrogen-bond acceptors (Lipinski definition) is 3. The molecule has 4 atom stereocenters. The highest BCUT2D eigenvalue weighted by Gasteiger charge is 2.38. The van der Waals surface area contributed by atoms with Gasteiger partial charge in [-0.1, -0.05) is 20.3 Å². The summed E-state index contributed by atoms with van der Waals surface area (Å²) in [6, 6.07) is 1.43. The number of aliphatic hydroxyl groups is 1. The van der Waals surface area contributed by atoms with Gasteiger partial charge in [-0.25, -0.2) is 0 Å². The van der Waals surface area contributed by atoms with Crippen LogP contribution in [-0.2, 0) is 0 Å². The van der Waals surface area contributed by atoms with Crippen LogP contribution in [0.1, 0.15) is 59.3 Å². The minimum Gasteiger partial charge on any atom is -0.393 e. The van der Waals surface area contributed by atoms with E-state index in [0.717, 1.165) is 19.0 Å². The molecule has 0 aromatic carbocycles. The van der Waals surface area contributed by atoms with Gasteiger partial charge in [0.25, 0.3) is 0 Å². The van der Waals surface area contributed by atoms with E-state index >= 15 is 0 Å². The molecule has 1 N–H and O–H groups in total. The summed E-state index contributed by atoms with van der Waals surface area (Å²) in [7, 11) is 0. The maximum Gasteiger partial charge on any atom is 0.0581 e. The Hall–Kier alpha value is -0.120. The highest BCUT2D eigenvalue weighted by molar-refractivity contribution is 4.92. The topological polar surface area (TPSA) is 26.7 Å². The maximum atomic E-state index is 10.4. The molecule has 0 amide bonds. The van der Waals surface area contributed by atoms with Crippen molar-refractivity contribution >= 4 is 0 Å². The van der Waals surface area contributed by atoms with Gasteiger partial charge in [0.15, 0.2) is 0 Å². The van der Waals surface area contributed by atoms with Crippen molar-refractivity contribution in [2.24, 2.45) is 11.3 Å². The SMILES string of the molecule is CC1CN2CCCCC2CN1CC1CC(C)(C)CCC1O. The highest BCUT2D eigenvalue weighted by atomic mass is 16.3. The van der Waals surface area contributed by atoms with Gasteiger partial charge < -0.3 is 5.11 Å². The molecule has 2 aliphatic heterocycles. The van der Waals surface area contributed by atoms with Crippen molar-refractivity contribution < 1.29 is 5.11 Å². The second kappa shape index (κ2) is 6.17. The van der Waals surface area contributed by atoms with Crippen molar-refractivity contribution in [3.8, 4) is 0 Å². The summed E-state index contributed by atoms with van der Waals surface area (Å²) >= 11 is 0. The summed E-state index contributed by atoms with van der Waals surface area (Å²) in [5.41, 5.74) is 0.416. The molecule has 2 heterocycles. The van der Waals surface area contributed by atoms with Gasteiger partial charge in [-0.3, -0.25) is 9.80 Å². The number of piperazine rings is 1. The molecular weight excluding hydrogens is 260 g/mol. The lowest BCUT2D eigenvalue weighted by molar-refractivity contribution is -0.0338. The maximum absolute atomic E-state index is 10.4. The van der Waals surface area contributed by atoms with E-state index in [1.807, 2.05) is 0 Å². The van der Waals surface area contributed by atoms with Gasteiger partial charge in [0.1, 0.15) is 0 Å². The van der Waals surface area contributed by atoms with Gasteiger partial charge in [-0.2, -0.15) is 0 Å². The lowest BCUT2D eigenvalue weighted by atomic mass is 9.70. The fourth-order valence-electron chi connectivity index (χ4n) is 4.88. The number of piperidine rings is 1. The first-order valence-electron chi connectivity index (χ1n) is 9.11. The van der Waals surface area contributed by atoms with Crippen LogP contribution in [0.25, 0.3) is 0 Å². The monoisotopic (exact) mass is 294 g/mol. The zero-order chi connectivity index (χ0) is 15.0. The van der Waals surface area contributed by atoms with Crippen LogP contribution >= 0.6 is 0 Å². The van der Waals surface area contributed by atoms with Gasteiger partial charge in [-0.05, 0) is 56.9 Å². The molecule has 0 aromatic heterocycles. The third kappa shape index (κ3) is 3.62. The predicted molar refractivity (Wildman–Crippen MR) is 87.4 cm³/mol. The fraction of sp³-hybridized carbons (Fsp3) is 1.00. The van der Waals surface area contributed by atoms with Crippen molar-refractivity contribution in [1.29, 1.82) is 0 Å². The summed E-state index contributed by atoms with van der Waals surface area (Å²) in [6.07, 6.45) is 7.45. The Balaban J connectivity index is 1.61. The lowest BCUT2D eigenvalue weighted by Crippen LogP contribution is -2.60. The van der Waals surface area contributed by atoms with Crippen LogP contribution in [0.2, 0.25) is 0 Å². The molecule has 1 aliphatic carbocycles. The molecule has 3 fully saturated rings. The van der Waals surface area contributed by atoms with Crippen LogP contribution in [0.15, 0.2) is 0 Å². The molecular formula is C18H34N2O. The van der Waals surface area contributed by atoms with Crippen LogP contribution in [0.5, 0.6) is 0 Å². The van der Waals surface area contributed by atoms with E-state index in [9.17, 15) is 5.11 Å². The molecule has 2 saturated heterocycles. The molecule has 3 nitrogen and oxygen atoms in total. The van der Waals surface area contributed by atoms with Crippen LogP contribution < -0.4 is 0 Å². The average Bonchev–Trinajstić information content (AvgIpc) is 2.43. The van der Waals surface area contributed by atoms with Crippen LogP contribution in [0.3, 0.4) is 0 Å². The van der Waals surface area contributed by atoms with E-state index < -0.39 is 0 Å². The van der Waals surface area contributed by atoms with E-state index in [2.05, 4.69) is 30.6 Å². The number of nitrogens with zero attached hydrogens (tertiary/aromatic N) is 2. The summed E-state index contributed by atoms with van der Waals surface area (Å²) in [4.78, 5) is 5.40. The molecule has 3 heteroatoms. The van der Waals surface area contributed by atoms with Gasteiger partial charge in [0, 0.05) is 31.7 Å². The minimum absolute atomic E-state index is 0.0744. The molecule has 21 heavy (non-hydrogen) atoms. The quantitative estimate of drug-likeness (QED) is 0.848. The summed E-state index contributed by atoms with van der Waals surface area (Å²) in [6.45, 7) is 12.0. The van der Waals surface area contributed by atoms with Gasteiger partial charge in [-0.15, -0.1) is 0 Å². The minimum atomic E-state index is -0.0744. The number of aliphatic hydroxyl groups excluding tert-OH is 1. The molecule has 0 bridgehead atoms. The van der Waals surface area contributed by atoms with Gasteiger partial charge in [0.2, 0.25) is 0 Å². The van der Waals surface area contributed by atoms with Gasteiger partial charge in [0.05, 0.1) is 6.10 Å². The summed E-state index contributed by atoms with van der Waals surface area (Å²) in [5.74, 6) is 0.478. The average molecular weight is 294 g/mol. The molecule has 1 saturated carbocycles. The molecule has 0 radical (unpaired) electrons. The zero-order valence-corrected chi connectivity index (χ0v) is 14.2. The Morgan fingerprint density at radius 1 is 1.14 bits per heavy atom. The van der Waals surface area contributed by atoms with Crippen LogP contribution in [0, 0.1) is 11.3 Å². The van der Waals surface area contributed by atoms with Crippen molar-refractivity contribution in [1.82, 2.24) is 9.80 Å².